The quantitative estimate of drug-likeness (QED) is 0.813. The number of aromatic nitrogens is 1. The molecule has 0 bridgehead atoms. The zero-order valence-corrected chi connectivity index (χ0v) is 11.0. The molecule has 3 rings (SSSR count). The summed E-state index contributed by atoms with van der Waals surface area (Å²) < 4.78 is 0. The summed E-state index contributed by atoms with van der Waals surface area (Å²) in [7, 11) is 0. The first-order valence-corrected chi connectivity index (χ1v) is 6.56. The average Bonchev–Trinajstić information content (AvgIpc) is 2.89. The van der Waals surface area contributed by atoms with Crippen LogP contribution in [0, 0.1) is 6.57 Å². The third kappa shape index (κ3) is 2.27. The first-order valence-electron chi connectivity index (χ1n) is 6.19. The van der Waals surface area contributed by atoms with Crippen molar-refractivity contribution in [1.29, 1.82) is 0 Å². The molecule has 0 amide bonds. The van der Waals surface area contributed by atoms with Gasteiger partial charge < -0.3 is 5.32 Å². The lowest BCUT2D eigenvalue weighted by Crippen LogP contribution is -1.98. The minimum Gasteiger partial charge on any atom is -0.340 e. The van der Waals surface area contributed by atoms with E-state index in [0.29, 0.717) is 10.7 Å². The second-order valence-corrected chi connectivity index (χ2v) is 4.99. The summed E-state index contributed by atoms with van der Waals surface area (Å²) in [5.41, 5.74) is 3.93. The highest BCUT2D eigenvalue weighted by Crippen LogP contribution is 2.35. The van der Waals surface area contributed by atoms with Gasteiger partial charge >= 0.3 is 0 Å². The van der Waals surface area contributed by atoms with Crippen molar-refractivity contribution in [2.45, 2.75) is 19.3 Å². The fourth-order valence-electron chi connectivity index (χ4n) is 2.48. The molecule has 1 aromatic heterocycles. The Balaban J connectivity index is 1.99. The topological polar surface area (TPSA) is 29.3 Å². The van der Waals surface area contributed by atoms with Gasteiger partial charge in [0.1, 0.15) is 5.82 Å². The van der Waals surface area contributed by atoms with Gasteiger partial charge in [-0.25, -0.2) is 4.85 Å². The molecule has 1 heterocycles. The Morgan fingerprint density at radius 1 is 1.26 bits per heavy atom. The molecule has 0 radical (unpaired) electrons. The Bertz CT molecular complexity index is 674. The van der Waals surface area contributed by atoms with Crippen LogP contribution in [-0.2, 0) is 12.8 Å². The van der Waals surface area contributed by atoms with Crippen LogP contribution in [0.2, 0.25) is 5.02 Å². The predicted molar refractivity (Wildman–Crippen MR) is 77.3 cm³/mol. The van der Waals surface area contributed by atoms with Crippen molar-refractivity contribution in [3.63, 3.8) is 0 Å². The van der Waals surface area contributed by atoms with Gasteiger partial charge in [0.05, 0.1) is 6.57 Å². The number of halogens is 1. The van der Waals surface area contributed by atoms with Gasteiger partial charge in [0, 0.05) is 16.9 Å². The summed E-state index contributed by atoms with van der Waals surface area (Å²) in [5, 5.41) is 3.99. The van der Waals surface area contributed by atoms with Crippen LogP contribution in [0.3, 0.4) is 0 Å². The molecule has 0 saturated heterocycles. The van der Waals surface area contributed by atoms with Gasteiger partial charge in [-0.1, -0.05) is 17.7 Å². The second-order valence-electron chi connectivity index (χ2n) is 4.55. The maximum Gasteiger partial charge on any atom is 0.208 e. The molecule has 0 spiro atoms. The molecule has 0 atom stereocenters. The Labute approximate surface area is 117 Å². The molecule has 3 nitrogen and oxygen atoms in total. The highest BCUT2D eigenvalue weighted by atomic mass is 35.5. The van der Waals surface area contributed by atoms with E-state index in [2.05, 4.69) is 15.1 Å². The molecule has 0 fully saturated rings. The van der Waals surface area contributed by atoms with Gasteiger partial charge in [-0.15, -0.1) is 0 Å². The first kappa shape index (κ1) is 12.0. The number of hydrogen-bond donors (Lipinski definition) is 1. The number of benzene rings is 1. The first-order chi connectivity index (χ1) is 9.28. The van der Waals surface area contributed by atoms with Crippen LogP contribution in [0.4, 0.5) is 17.2 Å². The normalized spacial score (nSPS) is 12.8. The third-order valence-electron chi connectivity index (χ3n) is 3.34. The zero-order chi connectivity index (χ0) is 13.2. The Morgan fingerprint density at radius 3 is 2.89 bits per heavy atom. The van der Waals surface area contributed by atoms with Crippen molar-refractivity contribution in [1.82, 2.24) is 4.98 Å². The van der Waals surface area contributed by atoms with Crippen molar-refractivity contribution in [2.24, 2.45) is 0 Å². The van der Waals surface area contributed by atoms with E-state index in [1.54, 1.807) is 6.20 Å². The summed E-state index contributed by atoms with van der Waals surface area (Å²) >= 11 is 5.98. The summed E-state index contributed by atoms with van der Waals surface area (Å²) in [6, 6.07) is 7.57. The molecule has 94 valence electrons. The van der Waals surface area contributed by atoms with Crippen molar-refractivity contribution in [3.8, 4) is 0 Å². The standard InChI is InChI=1S/C15H12ClN3/c1-17-14-9-18-15(13-7-3-6-12(13)14)19-11-5-2-4-10(16)8-11/h2,4-5,8-9H,3,6-7H2,(H,18,19). The highest BCUT2D eigenvalue weighted by molar-refractivity contribution is 6.30. The molecule has 1 N–H and O–H groups in total. The van der Waals surface area contributed by atoms with E-state index in [1.165, 1.54) is 5.56 Å². The van der Waals surface area contributed by atoms with Crippen molar-refractivity contribution in [2.75, 3.05) is 5.32 Å². The molecule has 0 unspecified atom stereocenters. The molecule has 1 aliphatic carbocycles. The molecule has 4 heteroatoms. The van der Waals surface area contributed by atoms with Crippen LogP contribution in [0.5, 0.6) is 0 Å². The van der Waals surface area contributed by atoms with Gasteiger partial charge in [0.25, 0.3) is 0 Å². The number of nitrogens with one attached hydrogen (secondary N) is 1. The summed E-state index contributed by atoms with van der Waals surface area (Å²) in [5.74, 6) is 0.849. The second kappa shape index (κ2) is 4.91. The van der Waals surface area contributed by atoms with Crippen LogP contribution >= 0.6 is 11.6 Å². The SMILES string of the molecule is [C-]#[N+]c1cnc(Nc2cccc(Cl)c2)c2c1CCC2. The monoisotopic (exact) mass is 269 g/mol. The van der Waals surface area contributed by atoms with Crippen LogP contribution in [0.15, 0.2) is 30.5 Å². The Morgan fingerprint density at radius 2 is 2.11 bits per heavy atom. The summed E-state index contributed by atoms with van der Waals surface area (Å²) in [6.07, 6.45) is 4.70. The number of anilines is 2. The van der Waals surface area contributed by atoms with E-state index in [1.807, 2.05) is 24.3 Å². The molecule has 0 aliphatic heterocycles. The molecule has 19 heavy (non-hydrogen) atoms. The zero-order valence-electron chi connectivity index (χ0n) is 10.3. The number of hydrogen-bond acceptors (Lipinski definition) is 2. The van der Waals surface area contributed by atoms with Crippen LogP contribution in [0.1, 0.15) is 17.5 Å². The lowest BCUT2D eigenvalue weighted by Gasteiger charge is -2.11. The third-order valence-corrected chi connectivity index (χ3v) is 3.57. The number of rotatable bonds is 2. The largest absolute Gasteiger partial charge is 0.340 e. The minimum absolute atomic E-state index is 0.684. The van der Waals surface area contributed by atoms with Crippen LogP contribution < -0.4 is 5.32 Å². The molecule has 1 aromatic carbocycles. The van der Waals surface area contributed by atoms with Gasteiger partial charge in [-0.2, -0.15) is 0 Å². The highest BCUT2D eigenvalue weighted by Gasteiger charge is 2.19. The van der Waals surface area contributed by atoms with Gasteiger partial charge in [-0.3, -0.25) is 4.98 Å². The minimum atomic E-state index is 0.684. The molecular weight excluding hydrogens is 258 g/mol. The maximum absolute atomic E-state index is 7.18. The van der Waals surface area contributed by atoms with E-state index in [9.17, 15) is 0 Å². The lowest BCUT2D eigenvalue weighted by atomic mass is 10.1. The molecule has 1 aliphatic rings. The fraction of sp³-hybridized carbons (Fsp3) is 0.200. The smallest absolute Gasteiger partial charge is 0.208 e. The Hall–Kier alpha value is -2.05. The lowest BCUT2D eigenvalue weighted by molar-refractivity contribution is 0.912. The molecule has 2 aromatic rings. The number of nitrogens with zero attached hydrogens (tertiary/aromatic N) is 2. The van der Waals surface area contributed by atoms with E-state index in [-0.39, 0.29) is 0 Å². The fourth-order valence-corrected chi connectivity index (χ4v) is 2.67. The summed E-state index contributed by atoms with van der Waals surface area (Å²) in [6.45, 7) is 7.18. The van der Waals surface area contributed by atoms with Gasteiger partial charge in [0.15, 0.2) is 0 Å². The van der Waals surface area contributed by atoms with Crippen molar-refractivity contribution >= 4 is 28.8 Å². The van der Waals surface area contributed by atoms with Crippen molar-refractivity contribution in [3.05, 3.63) is 58.0 Å². The van der Waals surface area contributed by atoms with Gasteiger partial charge in [-0.05, 0) is 48.6 Å². The number of fused-ring (bicyclic) bond motifs is 1. The Kier molecular flexibility index (Phi) is 3.10. The van der Waals surface area contributed by atoms with Gasteiger partial charge in [0.2, 0.25) is 5.69 Å². The predicted octanol–water partition coefficient (Wildman–Crippen LogP) is 4.52. The maximum atomic E-state index is 7.18. The van der Waals surface area contributed by atoms with E-state index in [4.69, 9.17) is 18.2 Å². The summed E-state index contributed by atoms with van der Waals surface area (Å²) in [4.78, 5) is 7.92. The van der Waals surface area contributed by atoms with E-state index in [0.717, 1.165) is 36.3 Å². The number of pyridine rings is 1. The van der Waals surface area contributed by atoms with E-state index < -0.39 is 0 Å². The van der Waals surface area contributed by atoms with Crippen molar-refractivity contribution < 1.29 is 0 Å². The molecule has 0 saturated carbocycles. The molecular formula is C15H12ClN3. The van der Waals surface area contributed by atoms with E-state index >= 15 is 0 Å². The average molecular weight is 270 g/mol. The van der Waals surface area contributed by atoms with Crippen LogP contribution in [-0.4, -0.2) is 4.98 Å². The van der Waals surface area contributed by atoms with Crippen LogP contribution in [0.25, 0.3) is 4.85 Å².